The molecule has 3 rings (SSSR count). The standard InChI is InChI=1S/C15H11NO2S/c1-10-16-14(9-19-10)11-2-4-12(5-3-11)15-7-6-13(8-17)18-15/h2-9H,1H3. The van der Waals surface area contributed by atoms with Crippen LogP contribution in [0.2, 0.25) is 0 Å². The van der Waals surface area contributed by atoms with Crippen LogP contribution in [0, 0.1) is 6.92 Å². The summed E-state index contributed by atoms with van der Waals surface area (Å²) in [5, 5.41) is 3.10. The van der Waals surface area contributed by atoms with Crippen molar-refractivity contribution in [3.05, 3.63) is 52.5 Å². The topological polar surface area (TPSA) is 43.1 Å². The number of carbonyl (C=O) groups is 1. The number of aromatic nitrogens is 1. The molecule has 0 spiro atoms. The van der Waals surface area contributed by atoms with Crippen LogP contribution >= 0.6 is 11.3 Å². The summed E-state index contributed by atoms with van der Waals surface area (Å²) in [5.41, 5.74) is 3.01. The molecule has 0 aliphatic rings. The van der Waals surface area contributed by atoms with Crippen LogP contribution in [0.25, 0.3) is 22.6 Å². The molecule has 0 saturated carbocycles. The lowest BCUT2D eigenvalue weighted by molar-refractivity contribution is 0.110. The van der Waals surface area contributed by atoms with Crippen molar-refractivity contribution < 1.29 is 9.21 Å². The van der Waals surface area contributed by atoms with E-state index in [1.165, 1.54) is 0 Å². The number of carbonyl (C=O) groups excluding carboxylic acids is 1. The van der Waals surface area contributed by atoms with Gasteiger partial charge in [0.2, 0.25) is 0 Å². The summed E-state index contributed by atoms with van der Waals surface area (Å²) in [5.74, 6) is 1.04. The van der Waals surface area contributed by atoms with Gasteiger partial charge in [0.15, 0.2) is 12.0 Å². The molecule has 0 unspecified atom stereocenters. The maximum absolute atomic E-state index is 10.6. The van der Waals surface area contributed by atoms with Gasteiger partial charge < -0.3 is 4.42 Å². The third-order valence-corrected chi connectivity index (χ3v) is 3.60. The first-order valence-electron chi connectivity index (χ1n) is 5.84. The van der Waals surface area contributed by atoms with Gasteiger partial charge in [-0.25, -0.2) is 4.98 Å². The lowest BCUT2D eigenvalue weighted by Gasteiger charge is -1.99. The van der Waals surface area contributed by atoms with Crippen LogP contribution in [0.1, 0.15) is 15.6 Å². The highest BCUT2D eigenvalue weighted by Gasteiger charge is 2.06. The highest BCUT2D eigenvalue weighted by Crippen LogP contribution is 2.26. The van der Waals surface area contributed by atoms with E-state index >= 15 is 0 Å². The van der Waals surface area contributed by atoms with E-state index in [9.17, 15) is 4.79 Å². The Morgan fingerprint density at radius 2 is 1.84 bits per heavy atom. The zero-order chi connectivity index (χ0) is 13.2. The third kappa shape index (κ3) is 2.35. The molecule has 0 atom stereocenters. The molecule has 1 aromatic carbocycles. The van der Waals surface area contributed by atoms with Gasteiger partial charge in [0.05, 0.1) is 10.7 Å². The van der Waals surface area contributed by atoms with Crippen molar-refractivity contribution in [2.75, 3.05) is 0 Å². The Morgan fingerprint density at radius 1 is 1.11 bits per heavy atom. The minimum atomic E-state index is 0.342. The van der Waals surface area contributed by atoms with E-state index in [-0.39, 0.29) is 0 Å². The van der Waals surface area contributed by atoms with Crippen LogP contribution in [0.4, 0.5) is 0 Å². The molecule has 0 N–H and O–H groups in total. The van der Waals surface area contributed by atoms with E-state index in [1.54, 1.807) is 23.5 Å². The quantitative estimate of drug-likeness (QED) is 0.669. The summed E-state index contributed by atoms with van der Waals surface area (Å²) in [4.78, 5) is 15.0. The number of hydrogen-bond donors (Lipinski definition) is 0. The largest absolute Gasteiger partial charge is 0.453 e. The van der Waals surface area contributed by atoms with Crippen molar-refractivity contribution in [3.8, 4) is 22.6 Å². The van der Waals surface area contributed by atoms with E-state index in [0.717, 1.165) is 21.8 Å². The molecule has 0 aliphatic heterocycles. The molecule has 4 heteroatoms. The van der Waals surface area contributed by atoms with E-state index in [2.05, 4.69) is 4.98 Å². The molecule has 2 heterocycles. The Kier molecular flexibility index (Phi) is 3.01. The molecule has 0 radical (unpaired) electrons. The molecule has 0 bridgehead atoms. The molecule has 0 aliphatic carbocycles. The maximum atomic E-state index is 10.6. The Bertz CT molecular complexity index is 710. The molecule has 0 amide bonds. The molecule has 0 saturated heterocycles. The number of hydrogen-bond acceptors (Lipinski definition) is 4. The van der Waals surface area contributed by atoms with Crippen LogP contribution in [0.3, 0.4) is 0 Å². The van der Waals surface area contributed by atoms with Gasteiger partial charge in [0.1, 0.15) is 5.76 Å². The van der Waals surface area contributed by atoms with Crippen LogP contribution < -0.4 is 0 Å². The highest BCUT2D eigenvalue weighted by molar-refractivity contribution is 7.09. The van der Waals surface area contributed by atoms with Crippen LogP contribution in [0.5, 0.6) is 0 Å². The first-order chi connectivity index (χ1) is 9.26. The highest BCUT2D eigenvalue weighted by atomic mass is 32.1. The van der Waals surface area contributed by atoms with Crippen molar-refractivity contribution in [2.24, 2.45) is 0 Å². The Hall–Kier alpha value is -2.20. The van der Waals surface area contributed by atoms with Crippen molar-refractivity contribution in [1.29, 1.82) is 0 Å². The number of furan rings is 1. The average molecular weight is 269 g/mol. The Morgan fingerprint density at radius 3 is 2.42 bits per heavy atom. The predicted octanol–water partition coefficient (Wildman–Crippen LogP) is 4.19. The van der Waals surface area contributed by atoms with E-state index < -0.39 is 0 Å². The molecular formula is C15H11NO2S. The first-order valence-corrected chi connectivity index (χ1v) is 6.72. The Labute approximate surface area is 114 Å². The normalized spacial score (nSPS) is 10.6. The Balaban J connectivity index is 1.92. The minimum absolute atomic E-state index is 0.342. The zero-order valence-corrected chi connectivity index (χ0v) is 11.1. The van der Waals surface area contributed by atoms with Crippen LogP contribution in [0.15, 0.2) is 46.2 Å². The van der Waals surface area contributed by atoms with Gasteiger partial charge in [-0.15, -0.1) is 11.3 Å². The number of aryl methyl sites for hydroxylation is 1. The van der Waals surface area contributed by atoms with Crippen molar-refractivity contribution in [1.82, 2.24) is 4.98 Å². The number of aldehydes is 1. The smallest absolute Gasteiger partial charge is 0.185 e. The van der Waals surface area contributed by atoms with Gasteiger partial charge in [-0.2, -0.15) is 0 Å². The molecule has 3 aromatic rings. The van der Waals surface area contributed by atoms with E-state index in [1.807, 2.05) is 36.6 Å². The lowest BCUT2D eigenvalue weighted by atomic mass is 10.1. The molecule has 2 aromatic heterocycles. The second-order valence-corrected chi connectivity index (χ2v) is 5.21. The summed E-state index contributed by atoms with van der Waals surface area (Å²) in [6.07, 6.45) is 0.704. The van der Waals surface area contributed by atoms with Crippen LogP contribution in [-0.2, 0) is 0 Å². The summed E-state index contributed by atoms with van der Waals surface area (Å²) >= 11 is 1.64. The van der Waals surface area contributed by atoms with E-state index in [4.69, 9.17) is 4.42 Å². The minimum Gasteiger partial charge on any atom is -0.453 e. The first kappa shape index (κ1) is 11.9. The van der Waals surface area contributed by atoms with Gasteiger partial charge >= 0.3 is 0 Å². The number of thiazole rings is 1. The van der Waals surface area contributed by atoms with Gasteiger partial charge in [-0.3, -0.25) is 4.79 Å². The van der Waals surface area contributed by atoms with Gasteiger partial charge in [-0.05, 0) is 19.1 Å². The SMILES string of the molecule is Cc1nc(-c2ccc(-c3ccc(C=O)o3)cc2)cs1. The fourth-order valence-corrected chi connectivity index (χ4v) is 2.49. The number of benzene rings is 1. The maximum Gasteiger partial charge on any atom is 0.185 e. The summed E-state index contributed by atoms with van der Waals surface area (Å²) in [7, 11) is 0. The lowest BCUT2D eigenvalue weighted by Crippen LogP contribution is -1.79. The molecule has 0 fully saturated rings. The average Bonchev–Trinajstić information content (AvgIpc) is 3.07. The number of nitrogens with zero attached hydrogens (tertiary/aromatic N) is 1. The summed E-state index contributed by atoms with van der Waals surface area (Å²) in [6, 6.07) is 11.4. The van der Waals surface area contributed by atoms with E-state index in [0.29, 0.717) is 17.8 Å². The fraction of sp³-hybridized carbons (Fsp3) is 0.0667. The van der Waals surface area contributed by atoms with Gasteiger partial charge in [0.25, 0.3) is 0 Å². The molecule has 19 heavy (non-hydrogen) atoms. The molecule has 3 nitrogen and oxygen atoms in total. The van der Waals surface area contributed by atoms with Crippen molar-refractivity contribution in [2.45, 2.75) is 6.92 Å². The zero-order valence-electron chi connectivity index (χ0n) is 10.3. The second-order valence-electron chi connectivity index (χ2n) is 4.15. The summed E-state index contributed by atoms with van der Waals surface area (Å²) < 4.78 is 5.39. The van der Waals surface area contributed by atoms with Gasteiger partial charge in [0, 0.05) is 16.5 Å². The van der Waals surface area contributed by atoms with Crippen LogP contribution in [-0.4, -0.2) is 11.3 Å². The third-order valence-electron chi connectivity index (χ3n) is 2.83. The molecule has 94 valence electrons. The van der Waals surface area contributed by atoms with Crippen molar-refractivity contribution in [3.63, 3.8) is 0 Å². The second kappa shape index (κ2) is 4.82. The van der Waals surface area contributed by atoms with Gasteiger partial charge in [-0.1, -0.05) is 24.3 Å². The van der Waals surface area contributed by atoms with Crippen molar-refractivity contribution >= 4 is 17.6 Å². The summed E-state index contributed by atoms with van der Waals surface area (Å²) in [6.45, 7) is 1.99. The fourth-order valence-electron chi connectivity index (χ4n) is 1.87. The predicted molar refractivity (Wildman–Crippen MR) is 75.4 cm³/mol. The molecular weight excluding hydrogens is 258 g/mol. The monoisotopic (exact) mass is 269 g/mol. The number of rotatable bonds is 3.